The molecule has 0 bridgehead atoms. The number of rotatable bonds is 55. The summed E-state index contributed by atoms with van der Waals surface area (Å²) in [5, 5.41) is 13.3. The lowest BCUT2D eigenvalue weighted by atomic mass is 9.57. The third-order valence-electron chi connectivity index (χ3n) is 18.1. The first-order valence-corrected chi connectivity index (χ1v) is 35.4. The molecule has 3 unspecified atom stereocenters. The smallest absolute Gasteiger partial charge is 0.462 e. The molecule has 14 nitrogen and oxygen atoms in total. The zero-order valence-electron chi connectivity index (χ0n) is 55.3. The van der Waals surface area contributed by atoms with Gasteiger partial charge in [-0.2, -0.15) is 5.26 Å². The number of carbonyl (C=O) groups excluding carboxylic acids is 4. The van der Waals surface area contributed by atoms with Crippen LogP contribution in [-0.2, 0) is 51.7 Å². The first-order chi connectivity index (χ1) is 39.4. The van der Waals surface area contributed by atoms with Crippen molar-refractivity contribution in [1.29, 1.82) is 5.26 Å². The molecule has 15 heteroatoms. The van der Waals surface area contributed by atoms with Gasteiger partial charge in [0.1, 0.15) is 12.2 Å². The minimum Gasteiger partial charge on any atom is -0.462 e. The summed E-state index contributed by atoms with van der Waals surface area (Å²) in [6.45, 7) is 21.2. The van der Waals surface area contributed by atoms with Crippen molar-refractivity contribution in [3.05, 3.63) is 0 Å². The number of unbranched alkanes of at least 4 members (excludes halogenated alkanes) is 28. The fourth-order valence-electron chi connectivity index (χ4n) is 11.3. The molecule has 83 heavy (non-hydrogen) atoms. The molecular weight excluding hydrogens is 1070 g/mol. The highest BCUT2D eigenvalue weighted by molar-refractivity contribution is 7.47. The largest absolute Gasteiger partial charge is 0.472 e. The summed E-state index contributed by atoms with van der Waals surface area (Å²) in [7, 11) is -4.70. The van der Waals surface area contributed by atoms with Crippen LogP contribution < -0.4 is 5.32 Å². The molecule has 1 aliphatic carbocycles. The second kappa shape index (κ2) is 44.8. The van der Waals surface area contributed by atoms with Crippen molar-refractivity contribution >= 4 is 31.6 Å². The highest BCUT2D eigenvalue weighted by Crippen LogP contribution is 2.52. The maximum atomic E-state index is 14.1. The fraction of sp³-hybridized carbons (Fsp3) is 0.926. The first kappa shape index (κ1) is 78.5. The number of ether oxygens (including phenoxy) is 4. The number of nitrogens with zero attached hydrogens (tertiary/aromatic N) is 1. The summed E-state index contributed by atoms with van der Waals surface area (Å²) in [6, 6.07) is 2.46. The van der Waals surface area contributed by atoms with E-state index in [-0.39, 0.29) is 68.8 Å². The molecule has 4 atom stereocenters. The van der Waals surface area contributed by atoms with Gasteiger partial charge in [-0.25, -0.2) is 4.57 Å². The predicted molar refractivity (Wildman–Crippen MR) is 337 cm³/mol. The van der Waals surface area contributed by atoms with E-state index in [2.05, 4.69) is 32.2 Å². The van der Waals surface area contributed by atoms with Crippen LogP contribution >= 0.6 is 7.82 Å². The molecule has 0 saturated heterocycles. The number of phosphoric acid groups is 1. The molecule has 0 aliphatic heterocycles. The number of nitriles is 1. The van der Waals surface area contributed by atoms with E-state index in [9.17, 15) is 33.9 Å². The van der Waals surface area contributed by atoms with Crippen LogP contribution in [0, 0.1) is 33.5 Å². The molecule has 0 spiro atoms. The van der Waals surface area contributed by atoms with Crippen LogP contribution in [0.1, 0.15) is 333 Å². The van der Waals surface area contributed by atoms with E-state index in [1.165, 1.54) is 141 Å². The Morgan fingerprint density at radius 3 is 1.47 bits per heavy atom. The molecule has 1 amide bonds. The van der Waals surface area contributed by atoms with Gasteiger partial charge < -0.3 is 29.2 Å². The Bertz CT molecular complexity index is 1810. The minimum atomic E-state index is -4.70. The minimum absolute atomic E-state index is 0.0137. The highest BCUT2D eigenvalue weighted by atomic mass is 31.2. The lowest BCUT2D eigenvalue weighted by molar-refractivity contribution is -0.177. The third kappa shape index (κ3) is 37.7. The summed E-state index contributed by atoms with van der Waals surface area (Å²) in [5.41, 5.74) is -3.55. The Hall–Kier alpha value is -2.56. The maximum Gasteiger partial charge on any atom is 0.472 e. The number of amides is 1. The quantitative estimate of drug-likeness (QED) is 0.0253. The Kier molecular flexibility index (Phi) is 42.4. The Morgan fingerprint density at radius 1 is 0.602 bits per heavy atom. The molecule has 1 aliphatic rings. The molecule has 0 radical (unpaired) electrons. The molecule has 1 saturated carbocycles. The second-order valence-electron chi connectivity index (χ2n) is 27.1. The number of carbonyl (C=O) groups is 4. The summed E-state index contributed by atoms with van der Waals surface area (Å²) < 4.78 is 47.2. The van der Waals surface area contributed by atoms with Crippen LogP contribution in [0.15, 0.2) is 0 Å². The summed E-state index contributed by atoms with van der Waals surface area (Å²) >= 11 is 0. The monoisotopic (exact) mass is 1190 g/mol. The number of phosphoric ester groups is 1. The van der Waals surface area contributed by atoms with E-state index in [0.29, 0.717) is 32.3 Å². The van der Waals surface area contributed by atoms with Gasteiger partial charge in [-0.1, -0.05) is 234 Å². The molecule has 0 aromatic rings. The lowest BCUT2D eigenvalue weighted by Gasteiger charge is -2.46. The molecule has 0 heterocycles. The standard InChI is InChI=1S/C68H127N2O12P/c1-12-14-16-18-20-22-24-26-28-30-32-34-36-38-40-44-61(72)77-54-59(81-62(73)45-41-39-37-35-33-31-29-27-25-23-21-19-17-15-13-2)55-80-83(75,76)79-53-51-70-60(71)46-49-66(9,57-69)64(5,6)56-68(11,58(3)4)63(74)82-65(7,8)50-52-78-67(10)47-42-43-48-67/h58-59H,12-56H2,1-11H3,(H,70,71)(H,75,76)/t59-,66?,68?/m1/s1. The number of hydrogen-bond acceptors (Lipinski definition) is 12. The van der Waals surface area contributed by atoms with Gasteiger partial charge in [-0.3, -0.25) is 28.2 Å². The van der Waals surface area contributed by atoms with Gasteiger partial charge in [0.05, 0.1) is 42.3 Å². The van der Waals surface area contributed by atoms with Crippen molar-refractivity contribution in [2.45, 2.75) is 350 Å². The van der Waals surface area contributed by atoms with Crippen LogP contribution in [0.3, 0.4) is 0 Å². The van der Waals surface area contributed by atoms with Gasteiger partial charge >= 0.3 is 25.7 Å². The van der Waals surface area contributed by atoms with E-state index in [1.807, 2.05) is 55.4 Å². The zero-order chi connectivity index (χ0) is 61.9. The maximum absolute atomic E-state index is 14.1. The van der Waals surface area contributed by atoms with Crippen LogP contribution in [0.25, 0.3) is 0 Å². The Labute approximate surface area is 508 Å². The van der Waals surface area contributed by atoms with Gasteiger partial charge in [0.2, 0.25) is 5.91 Å². The van der Waals surface area contributed by atoms with E-state index in [0.717, 1.165) is 64.2 Å². The predicted octanol–water partition coefficient (Wildman–Crippen LogP) is 18.7. The number of esters is 3. The Morgan fingerprint density at radius 2 is 1.04 bits per heavy atom. The van der Waals surface area contributed by atoms with E-state index >= 15 is 0 Å². The van der Waals surface area contributed by atoms with Gasteiger partial charge in [-0.15, -0.1) is 0 Å². The molecular formula is C68H127N2O12P. The van der Waals surface area contributed by atoms with Crippen molar-refractivity contribution in [3.8, 4) is 6.07 Å². The first-order valence-electron chi connectivity index (χ1n) is 33.9. The Balaban J connectivity index is 2.67. The normalized spacial score (nSPS) is 16.1. The van der Waals surface area contributed by atoms with Gasteiger partial charge in [0.15, 0.2) is 6.10 Å². The van der Waals surface area contributed by atoms with E-state index in [1.54, 1.807) is 0 Å². The molecule has 2 N–H and O–H groups in total. The lowest BCUT2D eigenvalue weighted by Crippen LogP contribution is -2.47. The van der Waals surface area contributed by atoms with Crippen molar-refractivity contribution < 1.29 is 56.6 Å². The van der Waals surface area contributed by atoms with Gasteiger partial charge in [-0.05, 0) is 84.5 Å². The van der Waals surface area contributed by atoms with Crippen molar-refractivity contribution in [2.75, 3.05) is 33.0 Å². The average molecular weight is 1200 g/mol. The zero-order valence-corrected chi connectivity index (χ0v) is 56.2. The summed E-state index contributed by atoms with van der Waals surface area (Å²) in [5.74, 6) is -1.75. The number of hydrogen-bond donors (Lipinski definition) is 2. The molecule has 1 rings (SSSR count). The second-order valence-corrected chi connectivity index (χ2v) is 28.6. The van der Waals surface area contributed by atoms with Crippen LogP contribution in [0.5, 0.6) is 0 Å². The van der Waals surface area contributed by atoms with Crippen molar-refractivity contribution in [1.82, 2.24) is 5.32 Å². The molecule has 0 aromatic heterocycles. The van der Waals surface area contributed by atoms with Crippen molar-refractivity contribution in [3.63, 3.8) is 0 Å². The van der Waals surface area contributed by atoms with E-state index < -0.39 is 54.3 Å². The van der Waals surface area contributed by atoms with Crippen LogP contribution in [0.2, 0.25) is 0 Å². The third-order valence-corrected chi connectivity index (χ3v) is 19.1. The molecule has 486 valence electrons. The topological polar surface area (TPSA) is 197 Å². The van der Waals surface area contributed by atoms with E-state index in [4.69, 9.17) is 28.0 Å². The van der Waals surface area contributed by atoms with Gasteiger partial charge in [0.25, 0.3) is 0 Å². The fourth-order valence-corrected chi connectivity index (χ4v) is 12.1. The molecule has 0 aromatic carbocycles. The SMILES string of the molecule is CCCCCCCCCCCCCCCCCC(=O)OC[C@H](COP(=O)(O)OCCNC(=O)CCC(C)(C#N)C(C)(C)CC(C)(C(=O)OC(C)(C)CCOC1(C)CCCC1)C(C)C)OC(=O)CCCCCCCCCCCCCCCCC. The molecule has 1 fully saturated rings. The highest BCUT2D eigenvalue weighted by Gasteiger charge is 2.51. The van der Waals surface area contributed by atoms with Crippen LogP contribution in [-0.4, -0.2) is 79.0 Å². The van der Waals surface area contributed by atoms with Crippen molar-refractivity contribution in [2.24, 2.45) is 22.2 Å². The van der Waals surface area contributed by atoms with Crippen LogP contribution in [0.4, 0.5) is 0 Å². The number of nitrogens with one attached hydrogen (secondary N) is 1. The summed E-state index contributed by atoms with van der Waals surface area (Å²) in [4.78, 5) is 63.7. The van der Waals surface area contributed by atoms with Gasteiger partial charge in [0, 0.05) is 32.2 Å². The average Bonchev–Trinajstić information content (AvgIpc) is 3.64. The summed E-state index contributed by atoms with van der Waals surface area (Å²) in [6.07, 6.45) is 41.1.